The molecule has 0 atom stereocenters. The number of anilines is 6. The molecule has 0 saturated carbocycles. The summed E-state index contributed by atoms with van der Waals surface area (Å²) >= 11 is 0. The number of benzene rings is 9. The Hall–Kier alpha value is -7.16. The molecule has 2 heteroatoms. The molecular weight excluding hydrogens is 737 g/mol. The molecule has 0 spiro atoms. The molecule has 1 aliphatic carbocycles. The lowest BCUT2D eigenvalue weighted by atomic mass is 9.81. The first-order chi connectivity index (χ1) is 29.7. The summed E-state index contributed by atoms with van der Waals surface area (Å²) in [5, 5.41) is 2.50. The Bertz CT molecular complexity index is 3100. The molecule has 61 heavy (non-hydrogen) atoms. The fourth-order valence-corrected chi connectivity index (χ4v) is 9.70. The zero-order valence-electron chi connectivity index (χ0n) is 35.9. The van der Waals surface area contributed by atoms with E-state index < -0.39 is 0 Å². The van der Waals surface area contributed by atoms with Gasteiger partial charge in [-0.3, -0.25) is 0 Å². The van der Waals surface area contributed by atoms with Crippen LogP contribution in [0.15, 0.2) is 194 Å². The first-order valence-corrected chi connectivity index (χ1v) is 21.4. The van der Waals surface area contributed by atoms with Crippen LogP contribution >= 0.6 is 0 Å². The predicted octanol–water partition coefficient (Wildman–Crippen LogP) is 16.7. The standard InChI is InChI=1S/C59H50N2/c1-39-29-31-45(35-51(39)43-21-9-7-10-22-43)60(55-27-17-13-19-41(55)3)47-33-34-50-53(37-47)59(5,6)54-38-57(48-25-15-16-26-49(48)58(50)54)61(56-28-18-14-20-42(56)4)46-32-30-40(2)52(36-46)44-23-11-8-12-24-44/h7-38H,1-6H3. The highest BCUT2D eigenvalue weighted by molar-refractivity contribution is 6.10. The second-order valence-electron chi connectivity index (χ2n) is 17.2. The lowest BCUT2D eigenvalue weighted by Crippen LogP contribution is -2.18. The first kappa shape index (κ1) is 38.1. The summed E-state index contributed by atoms with van der Waals surface area (Å²) in [6.07, 6.45) is 0. The maximum Gasteiger partial charge on any atom is 0.0543 e. The van der Waals surface area contributed by atoms with Crippen molar-refractivity contribution in [2.45, 2.75) is 47.0 Å². The highest BCUT2D eigenvalue weighted by Crippen LogP contribution is 2.56. The topological polar surface area (TPSA) is 6.48 Å². The van der Waals surface area contributed by atoms with Crippen molar-refractivity contribution in [1.82, 2.24) is 0 Å². The smallest absolute Gasteiger partial charge is 0.0543 e. The average molecular weight is 787 g/mol. The van der Waals surface area contributed by atoms with Crippen molar-refractivity contribution in [2.75, 3.05) is 9.80 Å². The summed E-state index contributed by atoms with van der Waals surface area (Å²) in [5.74, 6) is 0. The van der Waals surface area contributed by atoms with Crippen molar-refractivity contribution in [1.29, 1.82) is 0 Å². The molecule has 0 fully saturated rings. The number of hydrogen-bond donors (Lipinski definition) is 0. The molecule has 0 aromatic heterocycles. The Labute approximate surface area is 361 Å². The number of hydrogen-bond acceptors (Lipinski definition) is 2. The maximum absolute atomic E-state index is 2.50. The average Bonchev–Trinajstić information content (AvgIpc) is 3.52. The molecule has 10 rings (SSSR count). The molecule has 2 nitrogen and oxygen atoms in total. The largest absolute Gasteiger partial charge is 0.310 e. The van der Waals surface area contributed by atoms with Crippen LogP contribution in [0.25, 0.3) is 44.2 Å². The predicted molar refractivity (Wildman–Crippen MR) is 261 cm³/mol. The Morgan fingerprint density at radius 3 is 1.36 bits per heavy atom. The van der Waals surface area contributed by atoms with Crippen LogP contribution in [0.4, 0.5) is 34.1 Å². The van der Waals surface area contributed by atoms with Gasteiger partial charge in [0.1, 0.15) is 0 Å². The minimum Gasteiger partial charge on any atom is -0.310 e. The number of fused-ring (bicyclic) bond motifs is 5. The monoisotopic (exact) mass is 786 g/mol. The molecule has 9 aromatic carbocycles. The molecular formula is C59H50N2. The minimum absolute atomic E-state index is 0.292. The van der Waals surface area contributed by atoms with Crippen LogP contribution < -0.4 is 9.80 Å². The molecule has 0 unspecified atom stereocenters. The molecule has 0 amide bonds. The maximum atomic E-state index is 2.50. The van der Waals surface area contributed by atoms with Gasteiger partial charge in [-0.2, -0.15) is 0 Å². The second-order valence-corrected chi connectivity index (χ2v) is 17.2. The Morgan fingerprint density at radius 2 is 0.787 bits per heavy atom. The van der Waals surface area contributed by atoms with E-state index in [2.05, 4.69) is 245 Å². The third kappa shape index (κ3) is 6.51. The number of nitrogens with zero attached hydrogens (tertiary/aromatic N) is 2. The summed E-state index contributed by atoms with van der Waals surface area (Å²) in [6, 6.07) is 71.6. The van der Waals surface area contributed by atoms with Crippen molar-refractivity contribution in [2.24, 2.45) is 0 Å². The van der Waals surface area contributed by atoms with Crippen LogP contribution in [0.3, 0.4) is 0 Å². The third-order valence-electron chi connectivity index (χ3n) is 13.0. The van der Waals surface area contributed by atoms with Gasteiger partial charge in [0, 0.05) is 39.2 Å². The van der Waals surface area contributed by atoms with Crippen LogP contribution in [0.2, 0.25) is 0 Å². The van der Waals surface area contributed by atoms with E-state index in [0.29, 0.717) is 0 Å². The van der Waals surface area contributed by atoms with E-state index in [1.165, 1.54) is 94.6 Å². The Kier molecular flexibility index (Phi) is 9.45. The van der Waals surface area contributed by atoms with Crippen LogP contribution in [-0.2, 0) is 5.41 Å². The number of rotatable bonds is 8. The zero-order valence-corrected chi connectivity index (χ0v) is 35.9. The highest BCUT2D eigenvalue weighted by atomic mass is 15.2. The second kappa shape index (κ2) is 15.1. The van der Waals surface area contributed by atoms with E-state index in [1.54, 1.807) is 0 Å². The van der Waals surface area contributed by atoms with Gasteiger partial charge >= 0.3 is 0 Å². The normalized spacial score (nSPS) is 12.6. The van der Waals surface area contributed by atoms with E-state index in [4.69, 9.17) is 0 Å². The zero-order chi connectivity index (χ0) is 41.8. The van der Waals surface area contributed by atoms with Crippen molar-refractivity contribution in [3.8, 4) is 33.4 Å². The van der Waals surface area contributed by atoms with Gasteiger partial charge in [-0.1, -0.05) is 153 Å². The minimum atomic E-state index is -0.292. The summed E-state index contributed by atoms with van der Waals surface area (Å²) < 4.78 is 0. The SMILES string of the molecule is Cc1ccc(N(c2ccc3c(c2)C(C)(C)c2cc(N(c4ccc(C)c(-c5ccccc5)c4)c4ccccc4C)c4ccccc4c2-3)c2ccccc2C)cc1-c1ccccc1. The van der Waals surface area contributed by atoms with Crippen molar-refractivity contribution < 1.29 is 0 Å². The third-order valence-corrected chi connectivity index (χ3v) is 13.0. The van der Waals surface area contributed by atoms with Gasteiger partial charge in [0.25, 0.3) is 0 Å². The van der Waals surface area contributed by atoms with Gasteiger partial charge in [0.05, 0.1) is 5.69 Å². The summed E-state index contributed by atoms with van der Waals surface area (Å²) in [4.78, 5) is 4.95. The van der Waals surface area contributed by atoms with E-state index in [-0.39, 0.29) is 5.41 Å². The van der Waals surface area contributed by atoms with Crippen molar-refractivity contribution >= 4 is 44.9 Å². The van der Waals surface area contributed by atoms with E-state index in [1.807, 2.05) is 0 Å². The van der Waals surface area contributed by atoms with Gasteiger partial charge in [-0.25, -0.2) is 0 Å². The van der Waals surface area contributed by atoms with Gasteiger partial charge in [-0.05, 0) is 154 Å². The Balaban J connectivity index is 1.17. The van der Waals surface area contributed by atoms with Crippen LogP contribution in [0, 0.1) is 27.7 Å². The molecule has 9 aromatic rings. The Morgan fingerprint density at radius 1 is 0.328 bits per heavy atom. The molecule has 296 valence electrons. The van der Waals surface area contributed by atoms with Gasteiger partial charge in [0.15, 0.2) is 0 Å². The number of aryl methyl sites for hydroxylation is 4. The van der Waals surface area contributed by atoms with Crippen LogP contribution in [-0.4, -0.2) is 0 Å². The lowest BCUT2D eigenvalue weighted by molar-refractivity contribution is 0.661. The molecule has 1 aliphatic rings. The van der Waals surface area contributed by atoms with Gasteiger partial charge in [-0.15, -0.1) is 0 Å². The fraction of sp³-hybridized carbons (Fsp3) is 0.119. The lowest BCUT2D eigenvalue weighted by Gasteiger charge is -2.31. The molecule has 0 radical (unpaired) electrons. The van der Waals surface area contributed by atoms with Crippen LogP contribution in [0.5, 0.6) is 0 Å². The molecule has 0 saturated heterocycles. The van der Waals surface area contributed by atoms with Gasteiger partial charge in [0.2, 0.25) is 0 Å². The van der Waals surface area contributed by atoms with E-state index >= 15 is 0 Å². The summed E-state index contributed by atoms with van der Waals surface area (Å²) in [5.41, 5.74) is 21.9. The number of para-hydroxylation sites is 2. The molecule has 0 bridgehead atoms. The highest BCUT2D eigenvalue weighted by Gasteiger charge is 2.39. The van der Waals surface area contributed by atoms with Gasteiger partial charge < -0.3 is 9.80 Å². The van der Waals surface area contributed by atoms with E-state index in [0.717, 1.165) is 17.1 Å². The summed E-state index contributed by atoms with van der Waals surface area (Å²) in [7, 11) is 0. The summed E-state index contributed by atoms with van der Waals surface area (Å²) in [6.45, 7) is 13.7. The fourth-order valence-electron chi connectivity index (χ4n) is 9.70. The molecule has 0 heterocycles. The van der Waals surface area contributed by atoms with E-state index in [9.17, 15) is 0 Å². The first-order valence-electron chi connectivity index (χ1n) is 21.4. The van der Waals surface area contributed by atoms with Crippen LogP contribution in [0.1, 0.15) is 47.2 Å². The van der Waals surface area contributed by atoms with Crippen molar-refractivity contribution in [3.63, 3.8) is 0 Å². The molecule has 0 N–H and O–H groups in total. The van der Waals surface area contributed by atoms with Crippen molar-refractivity contribution in [3.05, 3.63) is 228 Å². The quantitative estimate of drug-likeness (QED) is 0.151. The molecule has 0 aliphatic heterocycles.